The SMILES string of the molecule is COC(=O)NC(Cc1ccccc1)C(=O)N[C@@H](Cc1ccc(NS(=O)(=O)O)cc1)c1nc(C(C)(C)C)cs1. The Bertz CT molecular complexity index is 1340. The molecule has 2 amide bonds. The lowest BCUT2D eigenvalue weighted by atomic mass is 9.93. The average molecular weight is 561 g/mol. The summed E-state index contributed by atoms with van der Waals surface area (Å²) in [6.07, 6.45) is -0.107. The number of nitrogens with one attached hydrogen (secondary N) is 3. The first-order chi connectivity index (χ1) is 17.8. The lowest BCUT2D eigenvalue weighted by Gasteiger charge is -2.23. The third kappa shape index (κ3) is 8.82. The summed E-state index contributed by atoms with van der Waals surface area (Å²) >= 11 is 1.43. The topological polar surface area (TPSA) is 147 Å². The summed E-state index contributed by atoms with van der Waals surface area (Å²) in [4.78, 5) is 30.3. The molecule has 0 fully saturated rings. The first-order valence-corrected chi connectivity index (χ1v) is 14.1. The zero-order valence-electron chi connectivity index (χ0n) is 21.6. The van der Waals surface area contributed by atoms with E-state index in [9.17, 15) is 18.0 Å². The van der Waals surface area contributed by atoms with E-state index in [1.54, 1.807) is 12.1 Å². The Morgan fingerprint density at radius 3 is 2.18 bits per heavy atom. The number of benzene rings is 2. The maximum atomic E-state index is 13.5. The van der Waals surface area contributed by atoms with Gasteiger partial charge in [-0.3, -0.25) is 14.1 Å². The van der Waals surface area contributed by atoms with Gasteiger partial charge in [-0.2, -0.15) is 8.42 Å². The van der Waals surface area contributed by atoms with Crippen molar-refractivity contribution in [1.29, 1.82) is 0 Å². The number of nitrogens with zero attached hydrogens (tertiary/aromatic N) is 1. The number of ether oxygens (including phenoxy) is 1. The molecule has 2 aromatic carbocycles. The van der Waals surface area contributed by atoms with E-state index in [1.807, 2.05) is 40.4 Å². The highest BCUT2D eigenvalue weighted by Gasteiger charge is 2.27. The Balaban J connectivity index is 1.87. The predicted molar refractivity (Wildman–Crippen MR) is 146 cm³/mol. The second-order valence-electron chi connectivity index (χ2n) is 9.74. The Morgan fingerprint density at radius 2 is 1.63 bits per heavy atom. The molecule has 0 bridgehead atoms. The van der Waals surface area contributed by atoms with Crippen molar-refractivity contribution in [3.8, 4) is 0 Å². The molecule has 204 valence electrons. The van der Waals surface area contributed by atoms with Gasteiger partial charge in [-0.05, 0) is 29.7 Å². The van der Waals surface area contributed by atoms with Crippen molar-refractivity contribution in [3.05, 3.63) is 81.8 Å². The van der Waals surface area contributed by atoms with Crippen LogP contribution in [-0.2, 0) is 38.1 Å². The second-order valence-corrected chi connectivity index (χ2v) is 11.8. The molecule has 1 aromatic heterocycles. The molecule has 0 radical (unpaired) electrons. The van der Waals surface area contributed by atoms with Gasteiger partial charge in [-0.1, -0.05) is 63.2 Å². The molecule has 3 aromatic rings. The number of hydrogen-bond acceptors (Lipinski definition) is 7. The smallest absolute Gasteiger partial charge is 0.407 e. The highest BCUT2D eigenvalue weighted by molar-refractivity contribution is 7.87. The lowest BCUT2D eigenvalue weighted by molar-refractivity contribution is -0.123. The van der Waals surface area contributed by atoms with Gasteiger partial charge in [-0.25, -0.2) is 9.78 Å². The Hall–Kier alpha value is -3.48. The van der Waals surface area contributed by atoms with Gasteiger partial charge in [0, 0.05) is 17.2 Å². The van der Waals surface area contributed by atoms with Crippen LogP contribution in [0.1, 0.15) is 48.6 Å². The molecule has 0 aliphatic heterocycles. The van der Waals surface area contributed by atoms with Crippen molar-refractivity contribution >= 4 is 39.3 Å². The van der Waals surface area contributed by atoms with Crippen LogP contribution in [0.15, 0.2) is 60.0 Å². The number of carbonyl (C=O) groups excluding carboxylic acids is 2. The molecule has 1 unspecified atom stereocenters. The highest BCUT2D eigenvalue weighted by Crippen LogP contribution is 2.29. The molecule has 1 heterocycles. The highest BCUT2D eigenvalue weighted by atomic mass is 32.2. The minimum atomic E-state index is -4.39. The molecule has 3 rings (SSSR count). The van der Waals surface area contributed by atoms with Gasteiger partial charge in [0.25, 0.3) is 0 Å². The summed E-state index contributed by atoms with van der Waals surface area (Å²) in [6, 6.07) is 14.3. The molecular formula is C26H32N4O6S2. The molecule has 2 atom stereocenters. The zero-order valence-corrected chi connectivity index (χ0v) is 23.2. The summed E-state index contributed by atoms with van der Waals surface area (Å²) in [5.41, 5.74) is 2.56. The van der Waals surface area contributed by atoms with E-state index in [4.69, 9.17) is 14.3 Å². The molecule has 4 N–H and O–H groups in total. The maximum absolute atomic E-state index is 13.5. The Kier molecular flexibility index (Phi) is 9.47. The van der Waals surface area contributed by atoms with Crippen LogP contribution >= 0.6 is 11.3 Å². The van der Waals surface area contributed by atoms with E-state index in [2.05, 4.69) is 31.4 Å². The molecule has 12 heteroatoms. The monoisotopic (exact) mass is 560 g/mol. The summed E-state index contributed by atoms with van der Waals surface area (Å²) in [5.74, 6) is -0.401. The van der Waals surface area contributed by atoms with Crippen molar-refractivity contribution < 1.29 is 27.3 Å². The standard InChI is InChI=1S/C26H32N4O6S2/c1-26(2,3)22-16-37-24(29-22)21(15-18-10-12-19(13-11-18)30-38(33,34)35)27-23(31)20(28-25(32)36-4)14-17-8-6-5-7-9-17/h5-13,16,20-21,30H,14-15H2,1-4H3,(H,27,31)(H,28,32)(H,33,34,35)/t20?,21-/m0/s1. The average Bonchev–Trinajstić information content (AvgIpc) is 3.35. The van der Waals surface area contributed by atoms with Gasteiger partial charge >= 0.3 is 16.4 Å². The van der Waals surface area contributed by atoms with E-state index < -0.39 is 34.4 Å². The number of methoxy groups -OCH3 is 1. The van der Waals surface area contributed by atoms with Crippen LogP contribution in [-0.4, -0.2) is 43.1 Å². The van der Waals surface area contributed by atoms with E-state index in [-0.39, 0.29) is 17.5 Å². The second kappa shape index (κ2) is 12.4. The largest absolute Gasteiger partial charge is 0.453 e. The molecule has 0 aliphatic rings. The first-order valence-electron chi connectivity index (χ1n) is 11.8. The van der Waals surface area contributed by atoms with Crippen molar-refractivity contribution in [2.24, 2.45) is 0 Å². The summed E-state index contributed by atoms with van der Waals surface area (Å²) < 4.78 is 37.9. The van der Waals surface area contributed by atoms with E-state index in [0.29, 0.717) is 11.4 Å². The van der Waals surface area contributed by atoms with Crippen LogP contribution in [0.4, 0.5) is 10.5 Å². The van der Waals surface area contributed by atoms with Crippen molar-refractivity contribution in [2.75, 3.05) is 11.8 Å². The number of thiazole rings is 1. The fourth-order valence-electron chi connectivity index (χ4n) is 3.62. The van der Waals surface area contributed by atoms with Crippen molar-refractivity contribution in [1.82, 2.24) is 15.6 Å². The third-order valence-corrected chi connectivity index (χ3v) is 7.07. The predicted octanol–water partition coefficient (Wildman–Crippen LogP) is 4.02. The molecule has 0 saturated heterocycles. The van der Waals surface area contributed by atoms with Gasteiger partial charge in [-0.15, -0.1) is 11.3 Å². The van der Waals surface area contributed by atoms with E-state index in [0.717, 1.165) is 16.8 Å². The van der Waals surface area contributed by atoms with Gasteiger partial charge in [0.2, 0.25) is 5.91 Å². The summed E-state index contributed by atoms with van der Waals surface area (Å²) in [6.45, 7) is 6.16. The lowest BCUT2D eigenvalue weighted by Crippen LogP contribution is -2.49. The minimum absolute atomic E-state index is 0.186. The summed E-state index contributed by atoms with van der Waals surface area (Å²) in [7, 11) is -3.16. The molecule has 38 heavy (non-hydrogen) atoms. The zero-order chi connectivity index (χ0) is 27.9. The molecule has 0 saturated carbocycles. The van der Waals surface area contributed by atoms with Gasteiger partial charge in [0.15, 0.2) is 0 Å². The Morgan fingerprint density at radius 1 is 1.00 bits per heavy atom. The first kappa shape index (κ1) is 29.1. The number of anilines is 1. The molecule has 10 nitrogen and oxygen atoms in total. The molecule has 0 aliphatic carbocycles. The number of amides is 2. The van der Waals surface area contributed by atoms with Gasteiger partial charge < -0.3 is 15.4 Å². The maximum Gasteiger partial charge on any atom is 0.407 e. The van der Waals surface area contributed by atoms with Crippen LogP contribution in [0.5, 0.6) is 0 Å². The van der Waals surface area contributed by atoms with Crippen molar-refractivity contribution in [2.45, 2.75) is 51.1 Å². The normalized spacial score (nSPS) is 13.3. The number of alkyl carbamates (subject to hydrolysis) is 1. The third-order valence-electron chi connectivity index (χ3n) is 5.62. The fraction of sp³-hybridized carbons (Fsp3) is 0.346. The number of carbonyl (C=O) groups is 2. The van der Waals surface area contributed by atoms with E-state index >= 15 is 0 Å². The van der Waals surface area contributed by atoms with Gasteiger partial charge in [0.1, 0.15) is 11.0 Å². The molecular weight excluding hydrogens is 528 g/mol. The Labute approximate surface area is 226 Å². The van der Waals surface area contributed by atoms with Crippen LogP contribution < -0.4 is 15.4 Å². The quantitative estimate of drug-likeness (QED) is 0.274. The van der Waals surface area contributed by atoms with Crippen LogP contribution in [0.3, 0.4) is 0 Å². The van der Waals surface area contributed by atoms with Crippen LogP contribution in [0.2, 0.25) is 0 Å². The van der Waals surface area contributed by atoms with E-state index in [1.165, 1.54) is 30.6 Å². The fourth-order valence-corrected chi connectivity index (χ4v) is 5.15. The van der Waals surface area contributed by atoms with Crippen LogP contribution in [0.25, 0.3) is 0 Å². The van der Waals surface area contributed by atoms with Crippen molar-refractivity contribution in [3.63, 3.8) is 0 Å². The number of hydrogen-bond donors (Lipinski definition) is 4. The van der Waals surface area contributed by atoms with Crippen LogP contribution in [0, 0.1) is 0 Å². The molecule has 0 spiro atoms. The summed E-state index contributed by atoms with van der Waals surface area (Å²) in [5, 5.41) is 8.31. The minimum Gasteiger partial charge on any atom is -0.453 e. The van der Waals surface area contributed by atoms with Gasteiger partial charge in [0.05, 0.1) is 24.5 Å². The number of rotatable bonds is 10. The number of aromatic nitrogens is 1.